The highest BCUT2D eigenvalue weighted by atomic mass is 32.2. The Bertz CT molecular complexity index is 571. The average molecular weight is 275 g/mol. The summed E-state index contributed by atoms with van der Waals surface area (Å²) in [5, 5.41) is 4.27. The van der Waals surface area contributed by atoms with E-state index in [-0.39, 0.29) is 0 Å². The third-order valence-corrected chi connectivity index (χ3v) is 4.97. The number of anilines is 1. The van der Waals surface area contributed by atoms with Gasteiger partial charge in [-0.2, -0.15) is 16.9 Å². The Morgan fingerprint density at radius 2 is 2.00 bits per heavy atom. The molecular weight excluding hydrogens is 258 g/mol. The highest BCUT2D eigenvalue weighted by molar-refractivity contribution is 7.99. The largest absolute Gasteiger partial charge is 0.352 e. The summed E-state index contributed by atoms with van der Waals surface area (Å²) in [6.07, 6.45) is 5.57. The van der Waals surface area contributed by atoms with Crippen LogP contribution >= 0.6 is 11.8 Å². The molecule has 2 aromatic rings. The van der Waals surface area contributed by atoms with Gasteiger partial charge in [0.05, 0.1) is 6.20 Å². The van der Waals surface area contributed by atoms with Crippen LogP contribution in [0.3, 0.4) is 0 Å². The fraction of sp³-hybridized carbons (Fsp3) is 0.538. The van der Waals surface area contributed by atoms with E-state index in [4.69, 9.17) is 0 Å². The van der Waals surface area contributed by atoms with Gasteiger partial charge in [-0.3, -0.25) is 4.90 Å². The van der Waals surface area contributed by atoms with Crippen molar-refractivity contribution in [2.75, 3.05) is 42.6 Å². The molecular formula is C13H17N5S. The van der Waals surface area contributed by atoms with Crippen molar-refractivity contribution >= 4 is 23.1 Å². The van der Waals surface area contributed by atoms with E-state index >= 15 is 0 Å². The molecule has 0 spiro atoms. The summed E-state index contributed by atoms with van der Waals surface area (Å²) in [4.78, 5) is 9.52. The van der Waals surface area contributed by atoms with Crippen molar-refractivity contribution < 1.29 is 0 Å². The predicted octanol–water partition coefficient (Wildman–Crippen LogP) is 0.967. The smallest absolute Gasteiger partial charge is 0.154 e. The molecule has 2 aromatic heterocycles. The van der Waals surface area contributed by atoms with Gasteiger partial charge in [0.1, 0.15) is 5.52 Å². The van der Waals surface area contributed by atoms with Crippen LogP contribution in [-0.4, -0.2) is 63.2 Å². The molecule has 2 aliphatic rings. The zero-order valence-corrected chi connectivity index (χ0v) is 11.6. The molecule has 0 aromatic carbocycles. The number of rotatable bonds is 2. The fourth-order valence-corrected chi connectivity index (χ4v) is 3.82. The highest BCUT2D eigenvalue weighted by Crippen LogP contribution is 2.26. The van der Waals surface area contributed by atoms with Gasteiger partial charge in [0.25, 0.3) is 0 Å². The van der Waals surface area contributed by atoms with Gasteiger partial charge in [-0.15, -0.1) is 0 Å². The van der Waals surface area contributed by atoms with Crippen molar-refractivity contribution in [2.24, 2.45) is 0 Å². The Hall–Kier alpha value is -1.27. The van der Waals surface area contributed by atoms with Crippen molar-refractivity contribution in [1.29, 1.82) is 0 Å². The Labute approximate surface area is 116 Å². The first-order valence-electron chi connectivity index (χ1n) is 6.77. The topological polar surface area (TPSA) is 36.7 Å². The van der Waals surface area contributed by atoms with E-state index in [1.54, 1.807) is 0 Å². The van der Waals surface area contributed by atoms with Gasteiger partial charge >= 0.3 is 0 Å². The Morgan fingerprint density at radius 1 is 1.16 bits per heavy atom. The molecule has 2 saturated heterocycles. The number of nitrogens with zero attached hydrogens (tertiary/aromatic N) is 5. The molecule has 0 amide bonds. The van der Waals surface area contributed by atoms with Crippen LogP contribution in [-0.2, 0) is 0 Å². The molecule has 4 heterocycles. The van der Waals surface area contributed by atoms with Gasteiger partial charge in [-0.1, -0.05) is 0 Å². The Kier molecular flexibility index (Phi) is 2.85. The third-order valence-electron chi connectivity index (χ3n) is 4.03. The van der Waals surface area contributed by atoms with Gasteiger partial charge in [0.2, 0.25) is 0 Å². The van der Waals surface area contributed by atoms with Crippen LogP contribution in [0, 0.1) is 0 Å². The Balaban J connectivity index is 1.49. The number of fused-ring (bicyclic) bond motifs is 1. The summed E-state index contributed by atoms with van der Waals surface area (Å²) < 4.78 is 1.90. The maximum absolute atomic E-state index is 4.52. The molecule has 0 atom stereocenters. The van der Waals surface area contributed by atoms with E-state index in [2.05, 4.69) is 31.6 Å². The second-order valence-electron chi connectivity index (χ2n) is 5.12. The van der Waals surface area contributed by atoms with Crippen molar-refractivity contribution in [3.8, 4) is 0 Å². The molecule has 0 unspecified atom stereocenters. The van der Waals surface area contributed by atoms with E-state index < -0.39 is 0 Å². The fourth-order valence-electron chi connectivity index (χ4n) is 2.89. The summed E-state index contributed by atoms with van der Waals surface area (Å²) in [5.41, 5.74) is 1.11. The lowest BCUT2D eigenvalue weighted by Gasteiger charge is -2.47. The number of thioether (sulfide) groups is 1. The van der Waals surface area contributed by atoms with Gasteiger partial charge < -0.3 is 4.90 Å². The molecule has 0 N–H and O–H groups in total. The van der Waals surface area contributed by atoms with Crippen LogP contribution in [0.25, 0.3) is 5.52 Å². The van der Waals surface area contributed by atoms with Crippen LogP contribution < -0.4 is 4.90 Å². The number of hydrogen-bond donors (Lipinski definition) is 0. The van der Waals surface area contributed by atoms with E-state index in [1.165, 1.54) is 24.6 Å². The minimum Gasteiger partial charge on any atom is -0.352 e. The molecule has 4 rings (SSSR count). The van der Waals surface area contributed by atoms with Gasteiger partial charge in [-0.25, -0.2) is 9.50 Å². The second-order valence-corrected chi connectivity index (χ2v) is 6.34. The summed E-state index contributed by atoms with van der Waals surface area (Å²) in [5.74, 6) is 3.64. The zero-order valence-electron chi connectivity index (χ0n) is 10.8. The maximum Gasteiger partial charge on any atom is 0.154 e. The first-order chi connectivity index (χ1) is 9.42. The minimum absolute atomic E-state index is 0.714. The average Bonchev–Trinajstić information content (AvgIpc) is 2.87. The van der Waals surface area contributed by atoms with Crippen LogP contribution in [0.5, 0.6) is 0 Å². The van der Waals surface area contributed by atoms with E-state index in [0.717, 1.165) is 24.4 Å². The normalized spacial score (nSPS) is 21.8. The molecule has 0 bridgehead atoms. The lowest BCUT2D eigenvalue weighted by atomic mass is 10.1. The third kappa shape index (κ3) is 1.99. The zero-order chi connectivity index (χ0) is 12.7. The summed E-state index contributed by atoms with van der Waals surface area (Å²) in [6.45, 7) is 4.69. The van der Waals surface area contributed by atoms with Crippen LogP contribution in [0.4, 0.5) is 5.82 Å². The van der Waals surface area contributed by atoms with E-state index in [9.17, 15) is 0 Å². The molecule has 100 valence electrons. The standard InChI is InChI=1S/C13H17N5S/c1-2-15-18-4-3-14-13(12(1)18)17-9-11(10-17)16-5-7-19-8-6-16/h1-4,11H,5-10H2. The van der Waals surface area contributed by atoms with E-state index in [1.807, 2.05) is 29.2 Å². The lowest BCUT2D eigenvalue weighted by Crippen LogP contribution is -2.61. The van der Waals surface area contributed by atoms with Gasteiger partial charge in [0, 0.05) is 56.1 Å². The Morgan fingerprint density at radius 3 is 2.84 bits per heavy atom. The summed E-state index contributed by atoms with van der Waals surface area (Å²) in [7, 11) is 0. The molecule has 0 radical (unpaired) electrons. The quantitative estimate of drug-likeness (QED) is 0.816. The van der Waals surface area contributed by atoms with Crippen molar-refractivity contribution in [3.63, 3.8) is 0 Å². The summed E-state index contributed by atoms with van der Waals surface area (Å²) in [6, 6.07) is 2.75. The molecule has 2 fully saturated rings. The lowest BCUT2D eigenvalue weighted by molar-refractivity contribution is 0.182. The van der Waals surface area contributed by atoms with Gasteiger partial charge in [-0.05, 0) is 6.07 Å². The number of aromatic nitrogens is 3. The molecule has 2 aliphatic heterocycles. The van der Waals surface area contributed by atoms with E-state index in [0.29, 0.717) is 6.04 Å². The number of hydrogen-bond acceptors (Lipinski definition) is 5. The van der Waals surface area contributed by atoms with Crippen LogP contribution in [0.2, 0.25) is 0 Å². The molecule has 5 nitrogen and oxygen atoms in total. The minimum atomic E-state index is 0.714. The van der Waals surface area contributed by atoms with Crippen LogP contribution in [0.1, 0.15) is 0 Å². The second kappa shape index (κ2) is 4.68. The predicted molar refractivity (Wildman–Crippen MR) is 77.9 cm³/mol. The SMILES string of the molecule is c1cn2nccc2c(N2CC(N3CCSCC3)C2)n1. The molecule has 19 heavy (non-hydrogen) atoms. The van der Waals surface area contributed by atoms with Crippen molar-refractivity contribution in [2.45, 2.75) is 6.04 Å². The maximum atomic E-state index is 4.52. The van der Waals surface area contributed by atoms with Crippen molar-refractivity contribution in [1.82, 2.24) is 19.5 Å². The molecule has 0 saturated carbocycles. The first kappa shape index (κ1) is 11.5. The van der Waals surface area contributed by atoms with Gasteiger partial charge in [0.15, 0.2) is 5.82 Å². The highest BCUT2D eigenvalue weighted by Gasteiger charge is 2.33. The van der Waals surface area contributed by atoms with Crippen LogP contribution in [0.15, 0.2) is 24.7 Å². The van der Waals surface area contributed by atoms with Crippen molar-refractivity contribution in [3.05, 3.63) is 24.7 Å². The summed E-state index contributed by atoms with van der Waals surface area (Å²) >= 11 is 2.07. The monoisotopic (exact) mass is 275 g/mol. The first-order valence-corrected chi connectivity index (χ1v) is 7.92. The molecule has 6 heteroatoms. The molecule has 0 aliphatic carbocycles.